The predicted molar refractivity (Wildman–Crippen MR) is 106 cm³/mol. The smallest absolute Gasteiger partial charge is 0.323 e. The highest BCUT2D eigenvalue weighted by atomic mass is 32.1. The average molecular weight is 391 g/mol. The van der Waals surface area contributed by atoms with Crippen LogP contribution in [0.25, 0.3) is 10.6 Å². The van der Waals surface area contributed by atoms with E-state index in [4.69, 9.17) is 4.74 Å². The highest BCUT2D eigenvalue weighted by Crippen LogP contribution is 2.27. The summed E-state index contributed by atoms with van der Waals surface area (Å²) < 4.78 is 5.10. The number of rotatable bonds is 10. The molecule has 2 unspecified atom stereocenters. The Kier molecular flexibility index (Phi) is 7.94. The van der Waals surface area contributed by atoms with Gasteiger partial charge in [-0.3, -0.25) is 9.59 Å². The van der Waals surface area contributed by atoms with Crippen molar-refractivity contribution < 1.29 is 19.4 Å². The molecule has 0 saturated heterocycles. The molecule has 2 aromatic rings. The summed E-state index contributed by atoms with van der Waals surface area (Å²) in [6.45, 7) is 6.18. The molecule has 6 nitrogen and oxygen atoms in total. The van der Waals surface area contributed by atoms with Gasteiger partial charge in [0.1, 0.15) is 17.0 Å². The summed E-state index contributed by atoms with van der Waals surface area (Å²) in [5.74, 6) is -1.87. The monoisotopic (exact) mass is 390 g/mol. The van der Waals surface area contributed by atoms with Gasteiger partial charge in [0.25, 0.3) is 0 Å². The summed E-state index contributed by atoms with van der Waals surface area (Å²) in [4.78, 5) is 28.4. The molecule has 0 radical (unpaired) electrons. The average Bonchev–Trinajstić information content (AvgIpc) is 3.11. The summed E-state index contributed by atoms with van der Waals surface area (Å²) in [5, 5.41) is 15.3. The Hall–Kier alpha value is -2.25. The molecule has 2 rings (SSSR count). The second-order valence-electron chi connectivity index (χ2n) is 6.68. The van der Waals surface area contributed by atoms with E-state index in [0.717, 1.165) is 10.6 Å². The van der Waals surface area contributed by atoms with Crippen LogP contribution < -0.4 is 5.32 Å². The fraction of sp³-hybridized carbons (Fsp3) is 0.450. The van der Waals surface area contributed by atoms with Crippen LogP contribution >= 0.6 is 11.3 Å². The molecule has 2 N–H and O–H groups in total. The number of nitrogens with zero attached hydrogens (tertiary/aromatic N) is 1. The largest absolute Gasteiger partial charge is 0.481 e. The van der Waals surface area contributed by atoms with E-state index in [2.05, 4.69) is 10.3 Å². The summed E-state index contributed by atoms with van der Waals surface area (Å²) in [6.07, 6.45) is 0.581. The van der Waals surface area contributed by atoms with E-state index < -0.39 is 17.9 Å². The quantitative estimate of drug-likeness (QED) is 0.603. The molecule has 1 heterocycles. The van der Waals surface area contributed by atoms with Crippen molar-refractivity contribution in [2.75, 3.05) is 13.2 Å². The molecule has 2 atom stereocenters. The number of aliphatic carboxylic acids is 1. The lowest BCUT2D eigenvalue weighted by Crippen LogP contribution is -2.42. The summed E-state index contributed by atoms with van der Waals surface area (Å²) >= 11 is 1.41. The number of hydrogen-bond donors (Lipinski definition) is 2. The van der Waals surface area contributed by atoms with Crippen molar-refractivity contribution in [2.45, 2.75) is 39.2 Å². The number of aromatic nitrogens is 1. The SMILES string of the molecule is CCOC(=O)C(CC(C)C)NCC(C(=O)O)c1csc(-c2ccccc2)n1. The minimum Gasteiger partial charge on any atom is -0.481 e. The van der Waals surface area contributed by atoms with E-state index >= 15 is 0 Å². The molecule has 0 aliphatic carbocycles. The van der Waals surface area contributed by atoms with Gasteiger partial charge >= 0.3 is 11.9 Å². The van der Waals surface area contributed by atoms with Crippen LogP contribution in [0, 0.1) is 5.92 Å². The molecular formula is C20H26N2O4S. The highest BCUT2D eigenvalue weighted by Gasteiger charge is 2.27. The van der Waals surface area contributed by atoms with Crippen LogP contribution in [0.5, 0.6) is 0 Å². The fourth-order valence-electron chi connectivity index (χ4n) is 2.72. The molecule has 7 heteroatoms. The van der Waals surface area contributed by atoms with E-state index in [9.17, 15) is 14.7 Å². The number of carboxylic acid groups (broad SMARTS) is 1. The Morgan fingerprint density at radius 1 is 1.26 bits per heavy atom. The van der Waals surface area contributed by atoms with Crippen molar-refractivity contribution in [3.63, 3.8) is 0 Å². The molecule has 0 aliphatic rings. The number of nitrogens with one attached hydrogen (secondary N) is 1. The third-order valence-electron chi connectivity index (χ3n) is 4.04. The Morgan fingerprint density at radius 2 is 1.96 bits per heavy atom. The third-order valence-corrected chi connectivity index (χ3v) is 4.95. The maximum atomic E-state index is 12.1. The van der Waals surface area contributed by atoms with Crippen LogP contribution in [0.4, 0.5) is 0 Å². The first-order chi connectivity index (χ1) is 12.9. The topological polar surface area (TPSA) is 88.5 Å². The number of ether oxygens (including phenoxy) is 1. The lowest BCUT2D eigenvalue weighted by molar-refractivity contribution is -0.146. The molecule has 0 bridgehead atoms. The van der Waals surface area contributed by atoms with Crippen LogP contribution in [0.3, 0.4) is 0 Å². The molecule has 0 aliphatic heterocycles. The van der Waals surface area contributed by atoms with Crippen LogP contribution in [0.15, 0.2) is 35.7 Å². The molecule has 146 valence electrons. The molecule has 0 spiro atoms. The van der Waals surface area contributed by atoms with E-state index in [-0.39, 0.29) is 18.4 Å². The second kappa shape index (κ2) is 10.2. The zero-order valence-electron chi connectivity index (χ0n) is 15.8. The van der Waals surface area contributed by atoms with Crippen molar-refractivity contribution in [2.24, 2.45) is 5.92 Å². The minimum atomic E-state index is -0.973. The Bertz CT molecular complexity index is 745. The van der Waals surface area contributed by atoms with Crippen LogP contribution in [-0.4, -0.2) is 41.2 Å². The Labute approximate surface area is 163 Å². The van der Waals surface area contributed by atoms with Crippen molar-refractivity contribution >= 4 is 23.3 Å². The first-order valence-corrected chi connectivity index (χ1v) is 9.94. The van der Waals surface area contributed by atoms with E-state index in [1.165, 1.54) is 11.3 Å². The number of carbonyl (C=O) groups excluding carboxylic acids is 1. The van der Waals surface area contributed by atoms with Gasteiger partial charge in [-0.1, -0.05) is 44.2 Å². The van der Waals surface area contributed by atoms with E-state index in [1.807, 2.05) is 44.2 Å². The number of benzene rings is 1. The van der Waals surface area contributed by atoms with Crippen LogP contribution in [0.2, 0.25) is 0 Å². The number of esters is 1. The fourth-order valence-corrected chi connectivity index (χ4v) is 3.59. The molecular weight excluding hydrogens is 364 g/mol. The molecule has 0 amide bonds. The summed E-state index contributed by atoms with van der Waals surface area (Å²) in [6, 6.07) is 9.11. The van der Waals surface area contributed by atoms with Gasteiger partial charge in [0, 0.05) is 17.5 Å². The van der Waals surface area contributed by atoms with Gasteiger partial charge in [-0.05, 0) is 19.3 Å². The van der Waals surface area contributed by atoms with Crippen LogP contribution in [0.1, 0.15) is 38.8 Å². The van der Waals surface area contributed by atoms with Gasteiger partial charge in [-0.15, -0.1) is 11.3 Å². The zero-order valence-corrected chi connectivity index (χ0v) is 16.7. The number of carbonyl (C=O) groups is 2. The Morgan fingerprint density at radius 3 is 2.56 bits per heavy atom. The minimum absolute atomic E-state index is 0.115. The first kappa shape index (κ1) is 21.1. The van der Waals surface area contributed by atoms with Gasteiger partial charge in [0.05, 0.1) is 12.3 Å². The normalized spacial score (nSPS) is 13.3. The van der Waals surface area contributed by atoms with Crippen LogP contribution in [-0.2, 0) is 14.3 Å². The first-order valence-electron chi connectivity index (χ1n) is 9.06. The standard InChI is InChI=1S/C20H26N2O4S/c1-4-26-20(25)16(10-13(2)3)21-11-15(19(23)24)17-12-27-18(22-17)14-8-6-5-7-9-14/h5-9,12-13,15-16,21H,4,10-11H2,1-3H3,(H,23,24). The van der Waals surface area contributed by atoms with Gasteiger partial charge in [0.15, 0.2) is 0 Å². The van der Waals surface area contributed by atoms with Gasteiger partial charge in [0.2, 0.25) is 0 Å². The van der Waals surface area contributed by atoms with Gasteiger partial charge in [-0.2, -0.15) is 0 Å². The molecule has 0 fully saturated rings. The van der Waals surface area contributed by atoms with E-state index in [0.29, 0.717) is 18.7 Å². The number of hydrogen-bond acceptors (Lipinski definition) is 6. The Balaban J connectivity index is 2.12. The van der Waals surface area contributed by atoms with Crippen molar-refractivity contribution in [1.82, 2.24) is 10.3 Å². The molecule has 27 heavy (non-hydrogen) atoms. The van der Waals surface area contributed by atoms with Crippen molar-refractivity contribution in [1.29, 1.82) is 0 Å². The number of carboxylic acids is 1. The predicted octanol–water partition coefficient (Wildman–Crippen LogP) is 3.55. The van der Waals surface area contributed by atoms with Crippen molar-refractivity contribution in [3.05, 3.63) is 41.4 Å². The maximum Gasteiger partial charge on any atom is 0.323 e. The second-order valence-corrected chi connectivity index (χ2v) is 7.53. The lowest BCUT2D eigenvalue weighted by Gasteiger charge is -2.21. The summed E-state index contributed by atoms with van der Waals surface area (Å²) in [5.41, 5.74) is 1.45. The molecule has 0 saturated carbocycles. The number of thiazole rings is 1. The zero-order chi connectivity index (χ0) is 19.8. The maximum absolute atomic E-state index is 12.1. The van der Waals surface area contributed by atoms with E-state index in [1.54, 1.807) is 12.3 Å². The molecule has 1 aromatic heterocycles. The van der Waals surface area contributed by atoms with Gasteiger partial charge in [-0.25, -0.2) is 4.98 Å². The molecule has 1 aromatic carbocycles. The van der Waals surface area contributed by atoms with Gasteiger partial charge < -0.3 is 15.2 Å². The summed E-state index contributed by atoms with van der Waals surface area (Å²) in [7, 11) is 0. The highest BCUT2D eigenvalue weighted by molar-refractivity contribution is 7.13. The van der Waals surface area contributed by atoms with Crippen molar-refractivity contribution in [3.8, 4) is 10.6 Å². The lowest BCUT2D eigenvalue weighted by atomic mass is 10.0. The third kappa shape index (κ3) is 6.15.